The molecule has 0 aliphatic carbocycles. The third-order valence-corrected chi connectivity index (χ3v) is 3.50. The van der Waals surface area contributed by atoms with E-state index in [9.17, 15) is 13.2 Å². The second-order valence-electron chi connectivity index (χ2n) is 5.43. The van der Waals surface area contributed by atoms with E-state index in [4.69, 9.17) is 5.14 Å². The van der Waals surface area contributed by atoms with Crippen LogP contribution in [-0.4, -0.2) is 19.9 Å². The van der Waals surface area contributed by atoms with Crippen molar-refractivity contribution in [2.75, 3.05) is 0 Å². The molecule has 0 unspecified atom stereocenters. The Morgan fingerprint density at radius 1 is 1.32 bits per heavy atom. The summed E-state index contributed by atoms with van der Waals surface area (Å²) in [7, 11) is -3.83. The molecule has 0 radical (unpaired) electrons. The molecule has 0 saturated carbocycles. The van der Waals surface area contributed by atoms with E-state index in [1.54, 1.807) is 12.1 Å². The van der Waals surface area contributed by atoms with Crippen LogP contribution in [0.15, 0.2) is 23.1 Å². The minimum Gasteiger partial charge on any atom is -0.347 e. The van der Waals surface area contributed by atoms with Gasteiger partial charge < -0.3 is 5.32 Å². The van der Waals surface area contributed by atoms with Crippen LogP contribution >= 0.6 is 0 Å². The predicted octanol–water partition coefficient (Wildman–Crippen LogP) is 1.42. The molecule has 0 aliphatic heterocycles. The van der Waals surface area contributed by atoms with E-state index >= 15 is 0 Å². The zero-order valence-corrected chi connectivity index (χ0v) is 12.5. The average Bonchev–Trinajstić information content (AvgIpc) is 2.24. The van der Waals surface area contributed by atoms with Gasteiger partial charge in [0.25, 0.3) is 5.91 Å². The molecule has 0 aromatic heterocycles. The third-order valence-electron chi connectivity index (χ3n) is 2.51. The van der Waals surface area contributed by atoms with Crippen LogP contribution in [0.25, 0.3) is 0 Å². The van der Waals surface area contributed by atoms with Crippen molar-refractivity contribution in [1.29, 1.82) is 0 Å². The number of carbonyl (C=O) groups is 1. The molecule has 19 heavy (non-hydrogen) atoms. The molecule has 0 atom stereocenters. The van der Waals surface area contributed by atoms with Crippen molar-refractivity contribution in [1.82, 2.24) is 5.32 Å². The van der Waals surface area contributed by atoms with E-state index in [1.165, 1.54) is 6.07 Å². The molecular formula is C13H20N2O3S. The highest BCUT2D eigenvalue weighted by Gasteiger charge is 2.19. The number of aryl methyl sites for hydroxylation is 1. The molecular weight excluding hydrogens is 264 g/mol. The summed E-state index contributed by atoms with van der Waals surface area (Å²) < 4.78 is 23.0. The zero-order valence-electron chi connectivity index (χ0n) is 11.6. The summed E-state index contributed by atoms with van der Waals surface area (Å²) in [6.45, 7) is 7.39. The highest BCUT2D eigenvalue weighted by molar-refractivity contribution is 7.89. The van der Waals surface area contributed by atoms with Crippen molar-refractivity contribution in [2.24, 2.45) is 5.14 Å². The summed E-state index contributed by atoms with van der Waals surface area (Å²) in [4.78, 5) is 12.0. The van der Waals surface area contributed by atoms with Gasteiger partial charge in [-0.05, 0) is 44.9 Å². The summed E-state index contributed by atoms with van der Waals surface area (Å²) >= 11 is 0. The number of nitrogens with one attached hydrogen (secondary N) is 1. The van der Waals surface area contributed by atoms with Gasteiger partial charge in [-0.1, -0.05) is 13.0 Å². The van der Waals surface area contributed by atoms with Gasteiger partial charge in [0, 0.05) is 11.1 Å². The van der Waals surface area contributed by atoms with E-state index in [0.717, 1.165) is 0 Å². The van der Waals surface area contributed by atoms with Crippen molar-refractivity contribution in [2.45, 2.75) is 44.6 Å². The van der Waals surface area contributed by atoms with E-state index in [1.807, 2.05) is 27.7 Å². The molecule has 1 aromatic carbocycles. The highest BCUT2D eigenvalue weighted by Crippen LogP contribution is 2.17. The SMILES string of the molecule is CCc1ccc(C(=O)NC(C)(C)C)cc1S(N)(=O)=O. The lowest BCUT2D eigenvalue weighted by Gasteiger charge is -2.20. The molecule has 106 valence electrons. The summed E-state index contributed by atoms with van der Waals surface area (Å²) in [5.74, 6) is -0.319. The minimum absolute atomic E-state index is 0.0107. The fraction of sp³-hybridized carbons (Fsp3) is 0.462. The largest absolute Gasteiger partial charge is 0.347 e. The van der Waals surface area contributed by atoms with Crippen LogP contribution < -0.4 is 10.5 Å². The van der Waals surface area contributed by atoms with Gasteiger partial charge >= 0.3 is 0 Å². The van der Waals surface area contributed by atoms with Crippen LogP contribution in [0, 0.1) is 0 Å². The number of amides is 1. The Morgan fingerprint density at radius 2 is 1.89 bits per heavy atom. The molecule has 0 spiro atoms. The molecule has 0 saturated heterocycles. The Bertz CT molecular complexity index is 586. The summed E-state index contributed by atoms with van der Waals surface area (Å²) in [5, 5.41) is 7.95. The van der Waals surface area contributed by atoms with Gasteiger partial charge in [0.2, 0.25) is 10.0 Å². The average molecular weight is 284 g/mol. The first kappa shape index (κ1) is 15.7. The zero-order chi connectivity index (χ0) is 14.8. The lowest BCUT2D eigenvalue weighted by atomic mass is 10.1. The Balaban J connectivity index is 3.23. The van der Waals surface area contributed by atoms with Crippen LogP contribution in [0.1, 0.15) is 43.6 Å². The normalized spacial score (nSPS) is 12.3. The van der Waals surface area contributed by atoms with Crippen LogP contribution in [0.4, 0.5) is 0 Å². The summed E-state index contributed by atoms with van der Waals surface area (Å²) in [5.41, 5.74) is 0.508. The van der Waals surface area contributed by atoms with Crippen molar-refractivity contribution in [3.63, 3.8) is 0 Å². The number of benzene rings is 1. The number of nitrogens with two attached hydrogens (primary N) is 1. The molecule has 6 heteroatoms. The molecule has 0 fully saturated rings. The lowest BCUT2D eigenvalue weighted by molar-refractivity contribution is 0.0919. The fourth-order valence-electron chi connectivity index (χ4n) is 1.67. The Morgan fingerprint density at radius 3 is 2.32 bits per heavy atom. The quantitative estimate of drug-likeness (QED) is 0.879. The number of hydrogen-bond donors (Lipinski definition) is 2. The maximum Gasteiger partial charge on any atom is 0.251 e. The Labute approximate surface area is 114 Å². The molecule has 1 amide bonds. The maximum atomic E-state index is 12.0. The summed E-state index contributed by atoms with van der Waals surface area (Å²) in [6.07, 6.45) is 0.535. The van der Waals surface area contributed by atoms with Gasteiger partial charge in [0.05, 0.1) is 4.90 Å². The van der Waals surface area contributed by atoms with Crippen LogP contribution in [0.5, 0.6) is 0 Å². The Kier molecular flexibility index (Phi) is 4.37. The van der Waals surface area contributed by atoms with Crippen LogP contribution in [0.3, 0.4) is 0 Å². The topological polar surface area (TPSA) is 89.3 Å². The van der Waals surface area contributed by atoms with E-state index < -0.39 is 10.0 Å². The monoisotopic (exact) mass is 284 g/mol. The van der Waals surface area contributed by atoms with Gasteiger partial charge in [-0.15, -0.1) is 0 Å². The Hall–Kier alpha value is -1.40. The second-order valence-corrected chi connectivity index (χ2v) is 6.96. The molecule has 5 nitrogen and oxygen atoms in total. The summed E-state index contributed by atoms with van der Waals surface area (Å²) in [6, 6.07) is 4.56. The van der Waals surface area contributed by atoms with Gasteiger partial charge in [0.15, 0.2) is 0 Å². The second kappa shape index (κ2) is 5.30. The van der Waals surface area contributed by atoms with Crippen molar-refractivity contribution in [3.8, 4) is 0 Å². The minimum atomic E-state index is -3.83. The van der Waals surface area contributed by atoms with Gasteiger partial charge in [-0.25, -0.2) is 13.6 Å². The number of rotatable bonds is 3. The predicted molar refractivity (Wildman–Crippen MR) is 74.4 cm³/mol. The molecule has 0 heterocycles. The first-order valence-electron chi connectivity index (χ1n) is 6.03. The maximum absolute atomic E-state index is 12.0. The lowest BCUT2D eigenvalue weighted by Crippen LogP contribution is -2.40. The fourth-order valence-corrected chi connectivity index (χ4v) is 2.53. The number of sulfonamides is 1. The third kappa shape index (κ3) is 4.33. The van der Waals surface area contributed by atoms with Crippen molar-refractivity contribution >= 4 is 15.9 Å². The molecule has 3 N–H and O–H groups in total. The van der Waals surface area contributed by atoms with E-state index in [2.05, 4.69) is 5.32 Å². The number of carbonyl (C=O) groups excluding carboxylic acids is 1. The first-order chi connectivity index (χ1) is 8.54. The molecule has 1 rings (SSSR count). The standard InChI is InChI=1S/C13H20N2O3S/c1-5-9-6-7-10(8-11(9)19(14,17)18)12(16)15-13(2,3)4/h6-8H,5H2,1-4H3,(H,15,16)(H2,14,17,18). The van der Waals surface area contributed by atoms with Gasteiger partial charge in [0.1, 0.15) is 0 Å². The molecule has 1 aromatic rings. The number of primary sulfonamides is 1. The molecule has 0 aliphatic rings. The number of hydrogen-bond acceptors (Lipinski definition) is 3. The first-order valence-corrected chi connectivity index (χ1v) is 7.57. The van der Waals surface area contributed by atoms with Crippen molar-refractivity contribution in [3.05, 3.63) is 29.3 Å². The molecule has 0 bridgehead atoms. The van der Waals surface area contributed by atoms with Gasteiger partial charge in [-0.2, -0.15) is 0 Å². The smallest absolute Gasteiger partial charge is 0.251 e. The van der Waals surface area contributed by atoms with Crippen LogP contribution in [0.2, 0.25) is 0 Å². The van der Waals surface area contributed by atoms with E-state index in [0.29, 0.717) is 12.0 Å². The van der Waals surface area contributed by atoms with Gasteiger partial charge in [-0.3, -0.25) is 4.79 Å². The van der Waals surface area contributed by atoms with Crippen LogP contribution in [-0.2, 0) is 16.4 Å². The van der Waals surface area contributed by atoms with Crippen molar-refractivity contribution < 1.29 is 13.2 Å². The van der Waals surface area contributed by atoms with E-state index in [-0.39, 0.29) is 21.9 Å². The highest BCUT2D eigenvalue weighted by atomic mass is 32.2.